The molecule has 0 fully saturated rings. The molecule has 3 aromatic rings. The minimum Gasteiger partial charge on any atom is -0.507 e. The van der Waals surface area contributed by atoms with E-state index < -0.39 is 20.9 Å². The Hall–Kier alpha value is -4.25. The minimum atomic E-state index is -3.77. The van der Waals surface area contributed by atoms with Crippen LogP contribution in [0.5, 0.6) is 5.75 Å². The van der Waals surface area contributed by atoms with Crippen molar-refractivity contribution in [3.63, 3.8) is 0 Å². The first-order chi connectivity index (χ1) is 15.2. The van der Waals surface area contributed by atoms with Crippen molar-refractivity contribution in [2.45, 2.75) is 11.8 Å². The average Bonchev–Trinajstić information content (AvgIpc) is 2.75. The van der Waals surface area contributed by atoms with Gasteiger partial charge in [-0.05, 0) is 49.4 Å². The molecule has 0 aliphatic rings. The van der Waals surface area contributed by atoms with E-state index in [9.17, 15) is 28.4 Å². The van der Waals surface area contributed by atoms with Crippen molar-refractivity contribution in [2.75, 3.05) is 4.72 Å². The summed E-state index contributed by atoms with van der Waals surface area (Å²) >= 11 is 0. The number of nitro benzene ring substituents is 1. The zero-order valence-corrected chi connectivity index (χ0v) is 17.5. The molecule has 0 aliphatic carbocycles. The van der Waals surface area contributed by atoms with Crippen LogP contribution in [0.4, 0.5) is 11.4 Å². The molecule has 3 N–H and O–H groups in total. The molecule has 164 valence electrons. The maximum absolute atomic E-state index is 12.4. The molecule has 0 atom stereocenters. The smallest absolute Gasteiger partial charge is 0.271 e. The van der Waals surface area contributed by atoms with Crippen LogP contribution in [0.1, 0.15) is 21.5 Å². The van der Waals surface area contributed by atoms with Gasteiger partial charge in [-0.3, -0.25) is 19.6 Å². The molecule has 32 heavy (non-hydrogen) atoms. The van der Waals surface area contributed by atoms with Crippen LogP contribution in [0.3, 0.4) is 0 Å². The van der Waals surface area contributed by atoms with Crippen molar-refractivity contribution in [3.8, 4) is 5.75 Å². The number of carbonyl (C=O) groups is 1. The van der Waals surface area contributed by atoms with Crippen molar-refractivity contribution >= 4 is 33.5 Å². The summed E-state index contributed by atoms with van der Waals surface area (Å²) in [6.07, 6.45) is 1.07. The Morgan fingerprint density at radius 2 is 1.72 bits per heavy atom. The lowest BCUT2D eigenvalue weighted by molar-refractivity contribution is -0.384. The van der Waals surface area contributed by atoms with Crippen molar-refractivity contribution in [3.05, 3.63) is 93.5 Å². The van der Waals surface area contributed by atoms with Crippen LogP contribution in [0.2, 0.25) is 0 Å². The largest absolute Gasteiger partial charge is 0.507 e. The molecule has 0 spiro atoms. The number of hydrogen-bond acceptors (Lipinski definition) is 7. The number of anilines is 1. The van der Waals surface area contributed by atoms with Gasteiger partial charge in [0.2, 0.25) is 0 Å². The molecule has 0 aliphatic heterocycles. The summed E-state index contributed by atoms with van der Waals surface area (Å²) < 4.78 is 27.3. The number of phenolic OH excluding ortho intramolecular Hbond substituents is 1. The summed E-state index contributed by atoms with van der Waals surface area (Å²) in [7, 11) is -3.77. The number of aryl methyl sites for hydroxylation is 1. The van der Waals surface area contributed by atoms with Crippen LogP contribution < -0.4 is 10.1 Å². The molecule has 0 saturated carbocycles. The number of aromatic hydroxyl groups is 1. The van der Waals surface area contributed by atoms with E-state index in [1.54, 1.807) is 12.1 Å². The molecule has 0 aromatic heterocycles. The Morgan fingerprint density at radius 1 is 1.06 bits per heavy atom. The first kappa shape index (κ1) is 22.4. The van der Waals surface area contributed by atoms with Crippen molar-refractivity contribution in [1.82, 2.24) is 5.43 Å². The van der Waals surface area contributed by atoms with Gasteiger partial charge < -0.3 is 5.11 Å². The van der Waals surface area contributed by atoms with E-state index in [1.807, 2.05) is 6.92 Å². The summed E-state index contributed by atoms with van der Waals surface area (Å²) in [5.41, 5.74) is 3.45. The Balaban J connectivity index is 1.65. The molecular weight excluding hydrogens is 436 g/mol. The number of nitrogens with zero attached hydrogens (tertiary/aromatic N) is 2. The number of non-ortho nitro benzene ring substituents is 1. The molecule has 11 heteroatoms. The van der Waals surface area contributed by atoms with Crippen LogP contribution in [0.25, 0.3) is 0 Å². The summed E-state index contributed by atoms with van der Waals surface area (Å²) in [6, 6.07) is 15.4. The third kappa shape index (κ3) is 5.46. The topological polar surface area (TPSA) is 151 Å². The van der Waals surface area contributed by atoms with Crippen LogP contribution in [0.15, 0.2) is 76.7 Å². The monoisotopic (exact) mass is 454 g/mol. The molecule has 0 radical (unpaired) electrons. The third-order valence-corrected chi connectivity index (χ3v) is 5.72. The molecule has 0 bridgehead atoms. The second kappa shape index (κ2) is 9.27. The zero-order valence-electron chi connectivity index (χ0n) is 16.7. The van der Waals surface area contributed by atoms with E-state index >= 15 is 0 Å². The number of nitro groups is 1. The number of rotatable bonds is 7. The molecule has 3 rings (SSSR count). The number of hydrogen-bond donors (Lipinski definition) is 3. The number of phenols is 1. The van der Waals surface area contributed by atoms with Gasteiger partial charge in [-0.15, -0.1) is 0 Å². The number of sulfonamides is 1. The molecule has 0 saturated heterocycles. The van der Waals surface area contributed by atoms with Gasteiger partial charge >= 0.3 is 0 Å². The molecular formula is C21H18N4O6S. The van der Waals surface area contributed by atoms with Gasteiger partial charge in [0.05, 0.1) is 16.0 Å². The van der Waals surface area contributed by atoms with E-state index in [1.165, 1.54) is 36.4 Å². The quantitative estimate of drug-likeness (QED) is 0.283. The van der Waals surface area contributed by atoms with Crippen LogP contribution in [-0.2, 0) is 10.0 Å². The van der Waals surface area contributed by atoms with E-state index in [2.05, 4.69) is 15.2 Å². The Morgan fingerprint density at radius 3 is 2.34 bits per heavy atom. The highest BCUT2D eigenvalue weighted by Crippen LogP contribution is 2.21. The second-order valence-electron chi connectivity index (χ2n) is 6.70. The van der Waals surface area contributed by atoms with Gasteiger partial charge in [0.15, 0.2) is 0 Å². The van der Waals surface area contributed by atoms with Crippen molar-refractivity contribution in [2.24, 2.45) is 5.10 Å². The lowest BCUT2D eigenvalue weighted by Crippen LogP contribution is -2.18. The first-order valence-electron chi connectivity index (χ1n) is 9.16. The highest BCUT2D eigenvalue weighted by molar-refractivity contribution is 7.92. The van der Waals surface area contributed by atoms with Gasteiger partial charge in [0.25, 0.3) is 21.6 Å². The van der Waals surface area contributed by atoms with Crippen LogP contribution in [-0.4, -0.2) is 30.6 Å². The SMILES string of the molecule is Cc1ccc(S(=O)(=O)Nc2ccc(C(=O)NN=Cc3cc([N+](=O)[O-])ccc3O)cc2)cc1. The van der Waals surface area contributed by atoms with E-state index in [-0.39, 0.29) is 33.1 Å². The summed E-state index contributed by atoms with van der Waals surface area (Å²) in [5.74, 6) is -0.835. The highest BCUT2D eigenvalue weighted by atomic mass is 32.2. The zero-order chi connectivity index (χ0) is 23.3. The second-order valence-corrected chi connectivity index (χ2v) is 8.38. The molecule has 1 amide bonds. The lowest BCUT2D eigenvalue weighted by Gasteiger charge is -2.09. The Bertz CT molecular complexity index is 1290. The molecule has 10 nitrogen and oxygen atoms in total. The normalized spacial score (nSPS) is 11.3. The van der Waals surface area contributed by atoms with Crippen LogP contribution >= 0.6 is 0 Å². The fourth-order valence-electron chi connectivity index (χ4n) is 2.61. The maximum Gasteiger partial charge on any atom is 0.271 e. The fourth-order valence-corrected chi connectivity index (χ4v) is 3.66. The Labute approximate surface area is 183 Å². The standard InChI is InChI=1S/C21H18N4O6S/c1-14-2-9-19(10-3-14)32(30,31)24-17-6-4-15(5-7-17)21(27)23-22-13-16-12-18(25(28)29)8-11-20(16)26/h2-13,24,26H,1H3,(H,23,27). The Kier molecular flexibility index (Phi) is 6.50. The number of carbonyl (C=O) groups excluding carboxylic acids is 1. The minimum absolute atomic E-state index is 0.0559. The van der Waals surface area contributed by atoms with Crippen molar-refractivity contribution in [1.29, 1.82) is 0 Å². The van der Waals surface area contributed by atoms with Crippen molar-refractivity contribution < 1.29 is 23.2 Å². The number of benzene rings is 3. The predicted molar refractivity (Wildman–Crippen MR) is 118 cm³/mol. The summed E-state index contributed by atoms with van der Waals surface area (Å²) in [4.78, 5) is 22.5. The van der Waals surface area contributed by atoms with E-state index in [4.69, 9.17) is 0 Å². The summed E-state index contributed by atoms with van der Waals surface area (Å²) in [6.45, 7) is 1.85. The number of nitrogens with one attached hydrogen (secondary N) is 2. The third-order valence-electron chi connectivity index (χ3n) is 4.32. The molecule has 0 unspecified atom stereocenters. The van der Waals surface area contributed by atoms with Gasteiger partial charge in [-0.2, -0.15) is 5.10 Å². The van der Waals surface area contributed by atoms with Gasteiger partial charge in [0.1, 0.15) is 5.75 Å². The summed E-state index contributed by atoms with van der Waals surface area (Å²) in [5, 5.41) is 24.2. The average molecular weight is 454 g/mol. The predicted octanol–water partition coefficient (Wildman–Crippen LogP) is 3.17. The van der Waals surface area contributed by atoms with Gasteiger partial charge in [-0.1, -0.05) is 17.7 Å². The number of amides is 1. The molecule has 3 aromatic carbocycles. The lowest BCUT2D eigenvalue weighted by atomic mass is 10.2. The van der Waals surface area contributed by atoms with E-state index in [0.717, 1.165) is 30.0 Å². The van der Waals surface area contributed by atoms with Crippen LogP contribution in [0, 0.1) is 17.0 Å². The van der Waals surface area contributed by atoms with Gasteiger partial charge in [-0.25, -0.2) is 13.8 Å². The fraction of sp³-hybridized carbons (Fsp3) is 0.0476. The highest BCUT2D eigenvalue weighted by Gasteiger charge is 2.14. The number of hydrazone groups is 1. The maximum atomic E-state index is 12.4. The van der Waals surface area contributed by atoms with Gasteiger partial charge in [0, 0.05) is 28.9 Å². The first-order valence-corrected chi connectivity index (χ1v) is 10.6. The molecule has 0 heterocycles. The van der Waals surface area contributed by atoms with E-state index in [0.29, 0.717) is 0 Å².